The summed E-state index contributed by atoms with van der Waals surface area (Å²) >= 11 is 0. The molecule has 0 aromatic heterocycles. The maximum atomic E-state index is 13.0. The quantitative estimate of drug-likeness (QED) is 0.618. The summed E-state index contributed by atoms with van der Waals surface area (Å²) in [6.45, 7) is 0. The summed E-state index contributed by atoms with van der Waals surface area (Å²) in [4.78, 5) is 27.4. The first-order valence-electron chi connectivity index (χ1n) is 8.62. The lowest BCUT2D eigenvalue weighted by Crippen LogP contribution is -2.40. The number of allylic oxidation sites excluding steroid dienone is 4. The molecule has 0 radical (unpaired) electrons. The Labute approximate surface area is 150 Å². The van der Waals surface area contributed by atoms with Gasteiger partial charge in [0.15, 0.2) is 0 Å². The number of carbonyl (C=O) groups is 2. The SMILES string of the molecule is O=C1c2cccc3cccc(c23)C(=O)N1c1ccc(C2=CCC=C2)cc1. The largest absolute Gasteiger partial charge is 0.268 e. The second-order valence-electron chi connectivity index (χ2n) is 6.50. The fraction of sp³-hybridized carbons (Fsp3) is 0.0435. The molecule has 5 rings (SSSR count). The van der Waals surface area contributed by atoms with Crippen LogP contribution in [0, 0.1) is 0 Å². The van der Waals surface area contributed by atoms with E-state index in [1.165, 1.54) is 10.5 Å². The summed E-state index contributed by atoms with van der Waals surface area (Å²) in [5.41, 5.74) is 3.99. The molecule has 3 nitrogen and oxygen atoms in total. The lowest BCUT2D eigenvalue weighted by atomic mass is 9.93. The van der Waals surface area contributed by atoms with Crippen LogP contribution in [0.2, 0.25) is 0 Å². The maximum absolute atomic E-state index is 13.0. The van der Waals surface area contributed by atoms with Gasteiger partial charge in [-0.05, 0) is 47.2 Å². The third kappa shape index (κ3) is 2.07. The van der Waals surface area contributed by atoms with Crippen LogP contribution in [0.1, 0.15) is 32.7 Å². The number of nitrogens with zero attached hydrogens (tertiary/aromatic N) is 1. The molecule has 2 aliphatic rings. The van der Waals surface area contributed by atoms with Crippen LogP contribution in [-0.4, -0.2) is 11.8 Å². The Bertz CT molecular complexity index is 1090. The van der Waals surface area contributed by atoms with E-state index in [1.54, 1.807) is 12.1 Å². The molecule has 0 bridgehead atoms. The number of rotatable bonds is 2. The van der Waals surface area contributed by atoms with Crippen molar-refractivity contribution in [3.8, 4) is 0 Å². The molecule has 0 saturated heterocycles. The molecule has 3 aromatic rings. The van der Waals surface area contributed by atoms with E-state index in [1.807, 2.05) is 48.5 Å². The van der Waals surface area contributed by atoms with Crippen LogP contribution in [0.15, 0.2) is 78.9 Å². The zero-order valence-electron chi connectivity index (χ0n) is 14.0. The molecule has 2 amide bonds. The molecule has 124 valence electrons. The van der Waals surface area contributed by atoms with Crippen molar-refractivity contribution in [3.63, 3.8) is 0 Å². The number of anilines is 1. The highest BCUT2D eigenvalue weighted by Crippen LogP contribution is 2.33. The highest BCUT2D eigenvalue weighted by molar-refractivity contribution is 6.35. The lowest BCUT2D eigenvalue weighted by Gasteiger charge is -2.27. The van der Waals surface area contributed by atoms with Crippen molar-refractivity contribution < 1.29 is 9.59 Å². The van der Waals surface area contributed by atoms with Gasteiger partial charge in [-0.25, -0.2) is 4.90 Å². The third-order valence-corrected chi connectivity index (χ3v) is 5.00. The summed E-state index contributed by atoms with van der Waals surface area (Å²) in [5.74, 6) is -0.543. The second kappa shape index (κ2) is 5.53. The zero-order chi connectivity index (χ0) is 17.7. The van der Waals surface area contributed by atoms with Gasteiger partial charge in [0.05, 0.1) is 5.69 Å². The van der Waals surface area contributed by atoms with Gasteiger partial charge in [-0.1, -0.05) is 54.6 Å². The summed E-state index contributed by atoms with van der Waals surface area (Å²) in [6.07, 6.45) is 7.30. The van der Waals surface area contributed by atoms with E-state index >= 15 is 0 Å². The predicted octanol–water partition coefficient (Wildman–Crippen LogP) is 4.98. The third-order valence-electron chi connectivity index (χ3n) is 5.00. The Hall–Kier alpha value is -3.46. The van der Waals surface area contributed by atoms with E-state index < -0.39 is 0 Å². The average Bonchev–Trinajstić information content (AvgIpc) is 3.21. The Kier molecular flexibility index (Phi) is 3.16. The van der Waals surface area contributed by atoms with Gasteiger partial charge in [0.25, 0.3) is 11.8 Å². The van der Waals surface area contributed by atoms with E-state index in [0.29, 0.717) is 16.8 Å². The maximum Gasteiger partial charge on any atom is 0.265 e. The van der Waals surface area contributed by atoms with Gasteiger partial charge in [0.1, 0.15) is 0 Å². The lowest BCUT2D eigenvalue weighted by molar-refractivity contribution is 0.0893. The summed E-state index contributed by atoms with van der Waals surface area (Å²) < 4.78 is 0. The normalized spacial score (nSPS) is 15.7. The fourth-order valence-corrected chi connectivity index (χ4v) is 3.74. The molecule has 1 aliphatic carbocycles. The molecule has 1 heterocycles. The predicted molar refractivity (Wildman–Crippen MR) is 103 cm³/mol. The Morgan fingerprint density at radius 3 is 2.00 bits per heavy atom. The zero-order valence-corrected chi connectivity index (χ0v) is 14.0. The second-order valence-corrected chi connectivity index (χ2v) is 6.50. The molecule has 26 heavy (non-hydrogen) atoms. The van der Waals surface area contributed by atoms with Crippen molar-refractivity contribution in [2.75, 3.05) is 4.90 Å². The Morgan fingerprint density at radius 2 is 1.42 bits per heavy atom. The van der Waals surface area contributed by atoms with Gasteiger partial charge in [-0.2, -0.15) is 0 Å². The Morgan fingerprint density at radius 1 is 0.769 bits per heavy atom. The number of hydrogen-bond acceptors (Lipinski definition) is 2. The van der Waals surface area contributed by atoms with Crippen molar-refractivity contribution in [3.05, 3.63) is 95.6 Å². The molecular formula is C23H15NO2. The molecule has 0 fully saturated rings. The van der Waals surface area contributed by atoms with Crippen LogP contribution < -0.4 is 4.90 Å². The smallest absolute Gasteiger partial charge is 0.265 e. The van der Waals surface area contributed by atoms with E-state index in [4.69, 9.17) is 0 Å². The topological polar surface area (TPSA) is 37.4 Å². The summed E-state index contributed by atoms with van der Waals surface area (Å²) in [6, 6.07) is 18.7. The highest BCUT2D eigenvalue weighted by Gasteiger charge is 2.33. The average molecular weight is 337 g/mol. The van der Waals surface area contributed by atoms with Crippen LogP contribution in [0.4, 0.5) is 5.69 Å². The van der Waals surface area contributed by atoms with Gasteiger partial charge in [0.2, 0.25) is 0 Å². The van der Waals surface area contributed by atoms with Crippen molar-refractivity contribution in [1.29, 1.82) is 0 Å². The van der Waals surface area contributed by atoms with Crippen molar-refractivity contribution in [2.24, 2.45) is 0 Å². The van der Waals surface area contributed by atoms with Crippen LogP contribution in [0.5, 0.6) is 0 Å². The number of hydrogen-bond donors (Lipinski definition) is 0. The van der Waals surface area contributed by atoms with E-state index in [-0.39, 0.29) is 11.8 Å². The van der Waals surface area contributed by atoms with Gasteiger partial charge < -0.3 is 0 Å². The van der Waals surface area contributed by atoms with Crippen molar-refractivity contribution in [2.45, 2.75) is 6.42 Å². The molecule has 0 saturated carbocycles. The first-order chi connectivity index (χ1) is 12.7. The van der Waals surface area contributed by atoms with Crippen LogP contribution in [0.25, 0.3) is 16.3 Å². The molecule has 3 heteroatoms. The van der Waals surface area contributed by atoms with Crippen molar-refractivity contribution in [1.82, 2.24) is 0 Å². The van der Waals surface area contributed by atoms with Gasteiger partial charge >= 0.3 is 0 Å². The van der Waals surface area contributed by atoms with Crippen LogP contribution in [-0.2, 0) is 0 Å². The van der Waals surface area contributed by atoms with Crippen molar-refractivity contribution >= 4 is 33.8 Å². The molecule has 0 atom stereocenters. The monoisotopic (exact) mass is 337 g/mol. The molecule has 0 spiro atoms. The molecule has 0 unspecified atom stereocenters. The Balaban J connectivity index is 1.61. The number of amides is 2. The molecular weight excluding hydrogens is 322 g/mol. The molecule has 0 N–H and O–H groups in total. The number of imide groups is 1. The van der Waals surface area contributed by atoms with Crippen LogP contribution >= 0.6 is 0 Å². The van der Waals surface area contributed by atoms with E-state index in [2.05, 4.69) is 18.2 Å². The standard InChI is InChI=1S/C23H15NO2/c25-22-19-9-3-7-17-8-4-10-20(21(17)19)23(26)24(22)18-13-11-16(12-14-18)15-5-1-2-6-15/h1,3-14H,2H2. The molecule has 3 aromatic carbocycles. The van der Waals surface area contributed by atoms with Crippen LogP contribution in [0.3, 0.4) is 0 Å². The van der Waals surface area contributed by atoms with Gasteiger partial charge in [-0.3, -0.25) is 9.59 Å². The first kappa shape index (κ1) is 14.8. The van der Waals surface area contributed by atoms with E-state index in [0.717, 1.165) is 22.8 Å². The minimum atomic E-state index is -0.271. The number of carbonyl (C=O) groups excluding carboxylic acids is 2. The summed E-state index contributed by atoms with van der Waals surface area (Å²) in [5, 5.41) is 1.66. The number of benzene rings is 3. The molecule has 1 aliphatic heterocycles. The highest BCUT2D eigenvalue weighted by atomic mass is 16.2. The van der Waals surface area contributed by atoms with Gasteiger partial charge in [0, 0.05) is 16.5 Å². The minimum Gasteiger partial charge on any atom is -0.268 e. The van der Waals surface area contributed by atoms with E-state index in [9.17, 15) is 9.59 Å². The van der Waals surface area contributed by atoms with Gasteiger partial charge in [-0.15, -0.1) is 0 Å². The first-order valence-corrected chi connectivity index (χ1v) is 8.62. The summed E-state index contributed by atoms with van der Waals surface area (Å²) in [7, 11) is 0. The fourth-order valence-electron chi connectivity index (χ4n) is 3.74. The minimum absolute atomic E-state index is 0.271.